The van der Waals surface area contributed by atoms with Gasteiger partial charge in [0.2, 0.25) is 0 Å². The Hall–Kier alpha value is -0.630. The van der Waals surface area contributed by atoms with Crippen LogP contribution in [0.1, 0.15) is 26.2 Å². The molecule has 0 aromatic heterocycles. The number of hydrogen-bond donors (Lipinski definition) is 0. The summed E-state index contributed by atoms with van der Waals surface area (Å²) in [4.78, 5) is 14.5. The minimum absolute atomic E-state index is 0.197. The van der Waals surface area contributed by atoms with Gasteiger partial charge >= 0.3 is 0 Å². The summed E-state index contributed by atoms with van der Waals surface area (Å²) in [6.07, 6.45) is 3.04. The molecule has 1 saturated carbocycles. The van der Waals surface area contributed by atoms with Crippen molar-refractivity contribution in [3.8, 4) is 0 Å². The van der Waals surface area contributed by atoms with Crippen molar-refractivity contribution in [2.75, 3.05) is 13.1 Å². The fourth-order valence-corrected chi connectivity index (χ4v) is 3.63. The molecule has 2 saturated heterocycles. The molecular weight excluding hydrogens is 174 g/mol. The standard InChI is InChI=1S/C12H17NO/c1-8-7-13-4-3-12(2)6-10(14)9(8)5-11(12)13/h9,11H,1,3-7H2,2H3/t9-,11-,12+/m1/s1. The van der Waals surface area contributed by atoms with Gasteiger partial charge in [0.25, 0.3) is 0 Å². The molecule has 1 aliphatic carbocycles. The summed E-state index contributed by atoms with van der Waals surface area (Å²) in [6.45, 7) is 8.49. The van der Waals surface area contributed by atoms with E-state index in [1.165, 1.54) is 13.0 Å². The van der Waals surface area contributed by atoms with Crippen LogP contribution in [-0.2, 0) is 4.79 Å². The van der Waals surface area contributed by atoms with E-state index in [1.807, 2.05) is 0 Å². The highest BCUT2D eigenvalue weighted by molar-refractivity contribution is 5.86. The lowest BCUT2D eigenvalue weighted by Crippen LogP contribution is -2.51. The second kappa shape index (κ2) is 2.48. The van der Waals surface area contributed by atoms with Crippen LogP contribution in [0.15, 0.2) is 12.2 Å². The lowest BCUT2D eigenvalue weighted by molar-refractivity contribution is -0.129. The largest absolute Gasteiger partial charge is 0.299 e. The van der Waals surface area contributed by atoms with Crippen molar-refractivity contribution >= 4 is 5.78 Å². The van der Waals surface area contributed by atoms with Gasteiger partial charge in [-0.15, -0.1) is 0 Å². The Morgan fingerprint density at radius 3 is 3.14 bits per heavy atom. The molecule has 3 rings (SSSR count). The van der Waals surface area contributed by atoms with Gasteiger partial charge in [-0.3, -0.25) is 9.69 Å². The SMILES string of the molecule is C=C1CN2CC[C@@]3(C)CC(=O)[C@@H]1C[C@@H]23. The minimum Gasteiger partial charge on any atom is -0.299 e. The first kappa shape index (κ1) is 8.66. The summed E-state index contributed by atoms with van der Waals surface area (Å²) in [5, 5.41) is 0. The quantitative estimate of drug-likeness (QED) is 0.542. The maximum Gasteiger partial charge on any atom is 0.140 e. The highest BCUT2D eigenvalue weighted by atomic mass is 16.1. The third-order valence-corrected chi connectivity index (χ3v) is 4.54. The Balaban J connectivity index is 2.02. The van der Waals surface area contributed by atoms with Crippen LogP contribution in [0, 0.1) is 11.3 Å². The highest BCUT2D eigenvalue weighted by Gasteiger charge is 2.53. The molecule has 0 aromatic rings. The predicted octanol–water partition coefficient (Wildman–Crippen LogP) is 1.62. The van der Waals surface area contributed by atoms with E-state index in [0.29, 0.717) is 11.8 Å². The van der Waals surface area contributed by atoms with Crippen LogP contribution in [0.5, 0.6) is 0 Å². The van der Waals surface area contributed by atoms with E-state index in [-0.39, 0.29) is 11.3 Å². The zero-order valence-corrected chi connectivity index (χ0v) is 8.75. The number of hydrogen-bond acceptors (Lipinski definition) is 2. The number of piperidine rings is 1. The summed E-state index contributed by atoms with van der Waals surface area (Å²) in [5.74, 6) is 0.651. The molecule has 2 heteroatoms. The van der Waals surface area contributed by atoms with Gasteiger partial charge in [-0.05, 0) is 24.8 Å². The molecule has 76 valence electrons. The number of rotatable bonds is 0. The molecule has 0 amide bonds. The Morgan fingerprint density at radius 2 is 2.36 bits per heavy atom. The zero-order valence-electron chi connectivity index (χ0n) is 8.75. The van der Waals surface area contributed by atoms with Gasteiger partial charge in [0.15, 0.2) is 0 Å². The first-order valence-corrected chi connectivity index (χ1v) is 5.55. The maximum atomic E-state index is 11.9. The normalized spacial score (nSPS) is 47.2. The molecule has 0 N–H and O–H groups in total. The van der Waals surface area contributed by atoms with Crippen LogP contribution in [0.4, 0.5) is 0 Å². The summed E-state index contributed by atoms with van der Waals surface area (Å²) in [6, 6.07) is 0.663. The lowest BCUT2D eigenvalue weighted by Gasteiger charge is -2.46. The molecule has 0 radical (unpaired) electrons. The Morgan fingerprint density at radius 1 is 1.57 bits per heavy atom. The molecular formula is C12H17NO. The monoisotopic (exact) mass is 191 g/mol. The van der Waals surface area contributed by atoms with Crippen LogP contribution in [0.3, 0.4) is 0 Å². The van der Waals surface area contributed by atoms with E-state index >= 15 is 0 Å². The van der Waals surface area contributed by atoms with Gasteiger partial charge in [-0.25, -0.2) is 0 Å². The molecule has 2 nitrogen and oxygen atoms in total. The first-order valence-electron chi connectivity index (χ1n) is 5.55. The summed E-state index contributed by atoms with van der Waals surface area (Å²) < 4.78 is 0. The van der Waals surface area contributed by atoms with Crippen LogP contribution < -0.4 is 0 Å². The molecule has 2 aliphatic heterocycles. The number of fused-ring (bicyclic) bond motifs is 1. The molecule has 0 aromatic carbocycles. The summed E-state index contributed by atoms with van der Waals surface area (Å²) >= 11 is 0. The van der Waals surface area contributed by atoms with E-state index in [9.17, 15) is 4.79 Å². The molecule has 3 fully saturated rings. The van der Waals surface area contributed by atoms with Crippen LogP contribution in [0.25, 0.3) is 0 Å². The van der Waals surface area contributed by atoms with E-state index in [0.717, 1.165) is 25.0 Å². The number of ketones is 1. The van der Waals surface area contributed by atoms with Crippen molar-refractivity contribution in [3.05, 3.63) is 12.2 Å². The fraction of sp³-hybridized carbons (Fsp3) is 0.750. The number of nitrogens with zero attached hydrogens (tertiary/aromatic N) is 1. The molecule has 3 aliphatic rings. The van der Waals surface area contributed by atoms with Crippen molar-refractivity contribution in [2.24, 2.45) is 11.3 Å². The number of Topliss-reactive ketones (excluding diaryl/α,β-unsaturated/α-hetero) is 1. The molecule has 2 bridgehead atoms. The van der Waals surface area contributed by atoms with Crippen molar-refractivity contribution in [2.45, 2.75) is 32.2 Å². The average molecular weight is 191 g/mol. The predicted molar refractivity (Wildman–Crippen MR) is 55.0 cm³/mol. The third-order valence-electron chi connectivity index (χ3n) is 4.54. The van der Waals surface area contributed by atoms with Gasteiger partial charge in [-0.2, -0.15) is 0 Å². The van der Waals surface area contributed by atoms with Crippen molar-refractivity contribution in [1.82, 2.24) is 4.90 Å². The Labute approximate surface area is 85.0 Å². The lowest BCUT2D eigenvalue weighted by atomic mass is 9.65. The van der Waals surface area contributed by atoms with E-state index in [1.54, 1.807) is 0 Å². The molecule has 14 heavy (non-hydrogen) atoms. The van der Waals surface area contributed by atoms with Crippen molar-refractivity contribution in [3.63, 3.8) is 0 Å². The van der Waals surface area contributed by atoms with Gasteiger partial charge in [0.1, 0.15) is 5.78 Å². The van der Waals surface area contributed by atoms with Gasteiger partial charge in [0, 0.05) is 24.9 Å². The topological polar surface area (TPSA) is 20.3 Å². The van der Waals surface area contributed by atoms with Crippen molar-refractivity contribution < 1.29 is 4.79 Å². The number of carbonyl (C=O) groups is 1. The molecule has 3 atom stereocenters. The summed E-state index contributed by atoms with van der Waals surface area (Å²) in [5.41, 5.74) is 1.45. The third kappa shape index (κ3) is 0.924. The zero-order chi connectivity index (χ0) is 9.92. The van der Waals surface area contributed by atoms with Crippen LogP contribution >= 0.6 is 0 Å². The molecule has 0 unspecified atom stereocenters. The van der Waals surface area contributed by atoms with Crippen molar-refractivity contribution in [1.29, 1.82) is 0 Å². The highest BCUT2D eigenvalue weighted by Crippen LogP contribution is 2.50. The number of carbonyl (C=O) groups excluding carboxylic acids is 1. The second-order valence-corrected chi connectivity index (χ2v) is 5.48. The van der Waals surface area contributed by atoms with Crippen LogP contribution in [-0.4, -0.2) is 29.8 Å². The van der Waals surface area contributed by atoms with Gasteiger partial charge in [0.05, 0.1) is 0 Å². The first-order chi connectivity index (χ1) is 6.60. The van der Waals surface area contributed by atoms with E-state index in [4.69, 9.17) is 0 Å². The van der Waals surface area contributed by atoms with Gasteiger partial charge in [-0.1, -0.05) is 19.1 Å². The van der Waals surface area contributed by atoms with Gasteiger partial charge < -0.3 is 0 Å². The Bertz CT molecular complexity index is 322. The second-order valence-electron chi connectivity index (χ2n) is 5.48. The average Bonchev–Trinajstić information content (AvgIpc) is 2.44. The smallest absolute Gasteiger partial charge is 0.140 e. The van der Waals surface area contributed by atoms with E-state index in [2.05, 4.69) is 18.4 Å². The summed E-state index contributed by atoms with van der Waals surface area (Å²) in [7, 11) is 0. The fourth-order valence-electron chi connectivity index (χ4n) is 3.63. The Kier molecular flexibility index (Phi) is 1.54. The maximum absolute atomic E-state index is 11.9. The molecule has 0 spiro atoms. The molecule has 2 heterocycles. The van der Waals surface area contributed by atoms with Crippen LogP contribution in [0.2, 0.25) is 0 Å². The van der Waals surface area contributed by atoms with E-state index < -0.39 is 0 Å². The minimum atomic E-state index is 0.197.